The molecule has 0 amide bonds. The first-order valence-corrected chi connectivity index (χ1v) is 9.58. The minimum Gasteiger partial charge on any atom is -0.382 e. The molecule has 27 heavy (non-hydrogen) atoms. The number of thiazole rings is 1. The number of hydrogen-bond acceptors (Lipinski definition) is 5. The number of halogens is 4. The van der Waals surface area contributed by atoms with Crippen LogP contribution in [0.25, 0.3) is 0 Å². The van der Waals surface area contributed by atoms with Crippen LogP contribution in [0, 0.1) is 22.9 Å². The molecule has 0 spiro atoms. The summed E-state index contributed by atoms with van der Waals surface area (Å²) in [5, 5.41) is 7.54. The first kappa shape index (κ1) is 18.2. The number of nitrogens with one attached hydrogen (secondary N) is 1. The molecule has 1 aromatic carbocycles. The molecule has 1 fully saturated rings. The Labute approximate surface area is 162 Å². The summed E-state index contributed by atoms with van der Waals surface area (Å²) in [5.41, 5.74) is 5.09. The molecule has 142 valence electrons. The number of aliphatic imine (C=N–C) groups is 1. The van der Waals surface area contributed by atoms with Crippen LogP contribution < -0.4 is 10.6 Å². The van der Waals surface area contributed by atoms with Crippen molar-refractivity contribution in [3.63, 3.8) is 0 Å². The van der Waals surface area contributed by atoms with E-state index >= 15 is 0 Å². The molecule has 0 bridgehead atoms. The Hall–Kier alpha value is -2.13. The molecule has 0 aliphatic carbocycles. The van der Waals surface area contributed by atoms with Crippen LogP contribution in [0.2, 0.25) is 5.02 Å². The van der Waals surface area contributed by atoms with Crippen LogP contribution >= 0.6 is 22.9 Å². The highest BCUT2D eigenvalue weighted by atomic mass is 35.5. The number of nitrogen functional groups attached to an aromatic ring is 1. The number of rotatable bonds is 2. The molecule has 5 nitrogen and oxygen atoms in total. The average molecular weight is 414 g/mol. The van der Waals surface area contributed by atoms with Gasteiger partial charge < -0.3 is 10.6 Å². The second kappa shape index (κ2) is 6.49. The summed E-state index contributed by atoms with van der Waals surface area (Å²) in [5.74, 6) is -4.56. The number of piperidine rings is 1. The van der Waals surface area contributed by atoms with Gasteiger partial charge in [-0.2, -0.15) is 0 Å². The summed E-state index contributed by atoms with van der Waals surface area (Å²) in [7, 11) is 0. The highest BCUT2D eigenvalue weighted by molar-refractivity contribution is 7.18. The van der Waals surface area contributed by atoms with Gasteiger partial charge in [-0.25, -0.2) is 23.1 Å². The molecule has 2 aliphatic heterocycles. The van der Waals surface area contributed by atoms with Crippen molar-refractivity contribution >= 4 is 45.4 Å². The Kier molecular flexibility index (Phi) is 4.38. The van der Waals surface area contributed by atoms with Crippen molar-refractivity contribution in [2.24, 2.45) is 4.99 Å². The summed E-state index contributed by atoms with van der Waals surface area (Å²) in [4.78, 5) is 10.7. The van der Waals surface area contributed by atoms with Gasteiger partial charge in [0.1, 0.15) is 10.8 Å². The largest absolute Gasteiger partial charge is 0.382 e. The van der Waals surface area contributed by atoms with Crippen LogP contribution in [0.4, 0.5) is 24.1 Å². The van der Waals surface area contributed by atoms with Crippen LogP contribution in [0.15, 0.2) is 4.99 Å². The number of aromatic nitrogens is 1. The van der Waals surface area contributed by atoms with Gasteiger partial charge in [0.15, 0.2) is 28.4 Å². The van der Waals surface area contributed by atoms with Crippen molar-refractivity contribution in [1.29, 1.82) is 5.41 Å². The van der Waals surface area contributed by atoms with Crippen molar-refractivity contribution in [2.45, 2.75) is 32.2 Å². The quantitative estimate of drug-likeness (QED) is 0.567. The molecule has 1 unspecified atom stereocenters. The Morgan fingerprint density at radius 3 is 2.63 bits per heavy atom. The molecule has 1 aromatic heterocycles. The maximum Gasteiger partial charge on any atom is 0.188 e. The van der Waals surface area contributed by atoms with Crippen LogP contribution in [-0.2, 0) is 0 Å². The van der Waals surface area contributed by atoms with Crippen LogP contribution in [-0.4, -0.2) is 29.1 Å². The van der Waals surface area contributed by atoms with Gasteiger partial charge in [-0.3, -0.25) is 5.41 Å². The summed E-state index contributed by atoms with van der Waals surface area (Å²) >= 11 is 6.78. The van der Waals surface area contributed by atoms with E-state index in [4.69, 9.17) is 22.7 Å². The Morgan fingerprint density at radius 2 is 1.93 bits per heavy atom. The molecule has 2 aliphatic rings. The molecule has 2 aromatic rings. The van der Waals surface area contributed by atoms with Gasteiger partial charge >= 0.3 is 0 Å². The average Bonchev–Trinajstić information content (AvgIpc) is 3.18. The van der Waals surface area contributed by atoms with E-state index in [0.29, 0.717) is 10.0 Å². The molecule has 1 atom stereocenters. The maximum atomic E-state index is 14.6. The van der Waals surface area contributed by atoms with E-state index in [-0.39, 0.29) is 23.1 Å². The second-order valence-electron chi connectivity index (χ2n) is 6.56. The van der Waals surface area contributed by atoms with E-state index in [1.807, 2.05) is 0 Å². The molecule has 10 heteroatoms. The fraction of sp³-hybridized carbons (Fsp3) is 0.353. The van der Waals surface area contributed by atoms with E-state index in [9.17, 15) is 13.2 Å². The van der Waals surface area contributed by atoms with Crippen LogP contribution in [0.1, 0.15) is 42.2 Å². The lowest BCUT2D eigenvalue weighted by atomic mass is 10.0. The van der Waals surface area contributed by atoms with Crippen LogP contribution in [0.3, 0.4) is 0 Å². The van der Waals surface area contributed by atoms with Crippen LogP contribution in [0.5, 0.6) is 0 Å². The second-order valence-corrected chi connectivity index (χ2v) is 7.92. The van der Waals surface area contributed by atoms with Gasteiger partial charge in [0.2, 0.25) is 0 Å². The predicted molar refractivity (Wildman–Crippen MR) is 101 cm³/mol. The minimum atomic E-state index is -1.53. The number of amidine groups is 1. The summed E-state index contributed by atoms with van der Waals surface area (Å²) in [6, 6.07) is 0.283. The smallest absolute Gasteiger partial charge is 0.188 e. The SMILES string of the molecule is CC1CCCCN1c1nc(N)c(C2=NC(=N)c3c(F)c(F)c(Cl)c(F)c32)s1. The number of hydrogen-bond donors (Lipinski definition) is 2. The van der Waals surface area contributed by atoms with Crippen molar-refractivity contribution < 1.29 is 13.2 Å². The van der Waals surface area contributed by atoms with E-state index in [2.05, 4.69) is 21.8 Å². The van der Waals surface area contributed by atoms with Gasteiger partial charge in [0.25, 0.3) is 0 Å². The predicted octanol–water partition coefficient (Wildman–Crippen LogP) is 4.35. The van der Waals surface area contributed by atoms with Gasteiger partial charge in [0, 0.05) is 12.6 Å². The first-order chi connectivity index (χ1) is 12.8. The third-order valence-corrected chi connectivity index (χ3v) is 6.32. The van der Waals surface area contributed by atoms with Gasteiger partial charge in [-0.15, -0.1) is 0 Å². The number of fused-ring (bicyclic) bond motifs is 1. The van der Waals surface area contributed by atoms with Crippen molar-refractivity contribution in [3.05, 3.63) is 38.5 Å². The third-order valence-electron chi connectivity index (χ3n) is 4.87. The zero-order chi connectivity index (χ0) is 19.5. The zero-order valence-corrected chi connectivity index (χ0v) is 15.8. The van der Waals surface area contributed by atoms with E-state index in [0.717, 1.165) is 25.8 Å². The Bertz CT molecular complexity index is 1000. The Balaban J connectivity index is 1.84. The lowest BCUT2D eigenvalue weighted by Gasteiger charge is -2.32. The lowest BCUT2D eigenvalue weighted by molar-refractivity contribution is 0.484. The number of nitrogens with two attached hydrogens (primary N) is 1. The number of benzene rings is 1. The molecular weight excluding hydrogens is 399 g/mol. The van der Waals surface area contributed by atoms with Crippen molar-refractivity contribution in [1.82, 2.24) is 4.98 Å². The molecule has 3 heterocycles. The summed E-state index contributed by atoms with van der Waals surface area (Å²) < 4.78 is 42.6. The van der Waals surface area contributed by atoms with E-state index in [1.165, 1.54) is 11.3 Å². The van der Waals surface area contributed by atoms with Gasteiger partial charge in [-0.05, 0) is 26.2 Å². The standard InChI is InChI=1S/C17H15ClF3N5S/c1-6-4-2-3-5-26(6)17-25-16(23)14(27-17)13-7-8(15(22)24-13)11(20)12(21)9(18)10(7)19/h6,22H,2-5,23H2,1H3. The monoisotopic (exact) mass is 413 g/mol. The van der Waals surface area contributed by atoms with Gasteiger partial charge in [-0.1, -0.05) is 22.9 Å². The minimum absolute atomic E-state index is 0.0424. The molecule has 0 radical (unpaired) electrons. The lowest BCUT2D eigenvalue weighted by Crippen LogP contribution is -2.37. The Morgan fingerprint density at radius 1 is 1.19 bits per heavy atom. The highest BCUT2D eigenvalue weighted by Gasteiger charge is 2.36. The molecule has 1 saturated heterocycles. The molecule has 3 N–H and O–H groups in total. The number of nitrogens with zero attached hydrogens (tertiary/aromatic N) is 3. The highest BCUT2D eigenvalue weighted by Crippen LogP contribution is 2.39. The van der Waals surface area contributed by atoms with Crippen molar-refractivity contribution in [2.75, 3.05) is 17.2 Å². The van der Waals surface area contributed by atoms with Crippen molar-refractivity contribution in [3.8, 4) is 0 Å². The summed E-state index contributed by atoms with van der Waals surface area (Å²) in [6.07, 6.45) is 3.19. The molecular formula is C17H15ClF3N5S. The molecule has 4 rings (SSSR count). The van der Waals surface area contributed by atoms with Gasteiger partial charge in [0.05, 0.1) is 21.7 Å². The maximum absolute atomic E-state index is 14.6. The summed E-state index contributed by atoms with van der Waals surface area (Å²) in [6.45, 7) is 2.92. The fourth-order valence-electron chi connectivity index (χ4n) is 3.46. The topological polar surface area (TPSA) is 78.4 Å². The third kappa shape index (κ3) is 2.71. The number of anilines is 2. The van der Waals surface area contributed by atoms with E-state index < -0.39 is 33.9 Å². The normalized spacial score (nSPS) is 19.4. The fourth-order valence-corrected chi connectivity index (χ4v) is 4.75. The van der Waals surface area contributed by atoms with E-state index in [1.54, 1.807) is 0 Å². The zero-order valence-electron chi connectivity index (χ0n) is 14.2. The molecule has 0 saturated carbocycles. The first-order valence-electron chi connectivity index (χ1n) is 8.38.